The third-order valence-electron chi connectivity index (χ3n) is 5.69. The van der Waals surface area contributed by atoms with E-state index in [0.29, 0.717) is 19.5 Å². The molecule has 0 bridgehead atoms. The lowest BCUT2D eigenvalue weighted by Gasteiger charge is -2.30. The fraction of sp³-hybridized carbons (Fsp3) is 0.667. The van der Waals surface area contributed by atoms with Crippen molar-refractivity contribution in [3.63, 3.8) is 0 Å². The van der Waals surface area contributed by atoms with Crippen LogP contribution in [-0.2, 0) is 24.2 Å². The van der Waals surface area contributed by atoms with E-state index in [2.05, 4.69) is 23.1 Å². The number of carbonyl (C=O) groups excluding carboxylic acids is 1. The van der Waals surface area contributed by atoms with Gasteiger partial charge in [0, 0.05) is 38.5 Å². The zero-order chi connectivity index (χ0) is 18.9. The molecule has 2 N–H and O–H groups in total. The zero-order valence-electron chi connectivity index (χ0n) is 16.2. The Morgan fingerprint density at radius 1 is 1.27 bits per heavy atom. The van der Waals surface area contributed by atoms with Gasteiger partial charge < -0.3 is 20.0 Å². The van der Waals surface area contributed by atoms with Gasteiger partial charge in [0.25, 0.3) is 0 Å². The van der Waals surface area contributed by atoms with E-state index in [1.54, 1.807) is 0 Å². The van der Waals surface area contributed by atoms with Gasteiger partial charge in [0.05, 0.1) is 11.7 Å². The molecule has 3 rings (SSSR count). The average Bonchev–Trinajstić information content (AvgIpc) is 2.89. The third kappa shape index (κ3) is 4.84. The molecule has 1 fully saturated rings. The highest BCUT2D eigenvalue weighted by Gasteiger charge is 2.32. The molecule has 0 saturated carbocycles. The number of rotatable bonds is 5. The van der Waals surface area contributed by atoms with Crippen molar-refractivity contribution >= 4 is 5.91 Å². The number of likely N-dealkylation sites (N-methyl/N-ethyl adjacent to an activating group) is 1. The summed E-state index contributed by atoms with van der Waals surface area (Å²) >= 11 is 0. The number of likely N-dealkylation sites (tertiary alicyclic amines) is 1. The van der Waals surface area contributed by atoms with Crippen LogP contribution in [0.2, 0.25) is 0 Å². The molecule has 2 heterocycles. The summed E-state index contributed by atoms with van der Waals surface area (Å²) in [4.78, 5) is 16.7. The van der Waals surface area contributed by atoms with E-state index in [1.165, 1.54) is 16.7 Å². The number of amides is 1. The van der Waals surface area contributed by atoms with Crippen LogP contribution < -0.4 is 0 Å². The molecule has 1 saturated heterocycles. The fourth-order valence-corrected chi connectivity index (χ4v) is 4.04. The number of aliphatic hydroxyl groups excluding tert-OH is 1. The largest absolute Gasteiger partial charge is 0.391 e. The number of benzene rings is 1. The normalized spacial score (nSPS) is 24.0. The molecule has 1 aromatic rings. The van der Waals surface area contributed by atoms with Gasteiger partial charge in [-0.3, -0.25) is 4.79 Å². The number of hydrogen-bond donors (Lipinski definition) is 2. The predicted octanol–water partition coefficient (Wildman–Crippen LogP) is 1.59. The number of hydrogen-bond acceptors (Lipinski definition) is 4. The molecule has 26 heavy (non-hydrogen) atoms. The molecule has 0 aliphatic carbocycles. The molecule has 1 aromatic carbocycles. The molecular weight excluding hydrogens is 328 g/mol. The first kappa shape index (κ1) is 19.3. The fourth-order valence-electron chi connectivity index (χ4n) is 4.04. The van der Waals surface area contributed by atoms with Crippen LogP contribution in [0.4, 0.5) is 0 Å². The van der Waals surface area contributed by atoms with Crippen molar-refractivity contribution in [3.8, 4) is 0 Å². The number of aliphatic hydroxyl groups is 2. The monoisotopic (exact) mass is 360 g/mol. The van der Waals surface area contributed by atoms with Gasteiger partial charge in [0.15, 0.2) is 0 Å². The molecule has 0 spiro atoms. The Labute approximate surface area is 156 Å². The number of nitrogens with zero attached hydrogens (tertiary/aromatic N) is 2. The molecule has 2 aliphatic rings. The maximum atomic E-state index is 12.7. The van der Waals surface area contributed by atoms with Gasteiger partial charge in [0.2, 0.25) is 5.91 Å². The van der Waals surface area contributed by atoms with Gasteiger partial charge in [-0.15, -0.1) is 0 Å². The molecule has 2 atom stereocenters. The summed E-state index contributed by atoms with van der Waals surface area (Å²) in [6, 6.07) is 6.49. The Morgan fingerprint density at radius 2 is 2.04 bits per heavy atom. The van der Waals surface area contributed by atoms with Crippen molar-refractivity contribution in [1.29, 1.82) is 0 Å². The first-order valence-corrected chi connectivity index (χ1v) is 9.69. The maximum Gasteiger partial charge on any atom is 0.223 e. The van der Waals surface area contributed by atoms with Crippen molar-refractivity contribution in [1.82, 2.24) is 9.80 Å². The molecule has 144 valence electrons. The second kappa shape index (κ2) is 7.67. The summed E-state index contributed by atoms with van der Waals surface area (Å²) < 4.78 is 0. The minimum Gasteiger partial charge on any atom is -0.391 e. The molecule has 5 nitrogen and oxygen atoms in total. The minimum absolute atomic E-state index is 0.0538. The summed E-state index contributed by atoms with van der Waals surface area (Å²) in [6.45, 7) is 6.55. The molecule has 2 aliphatic heterocycles. The Kier molecular flexibility index (Phi) is 5.70. The second-order valence-corrected chi connectivity index (χ2v) is 8.73. The number of fused-ring (bicyclic) bond motifs is 1. The Hall–Kier alpha value is -1.43. The second-order valence-electron chi connectivity index (χ2n) is 8.73. The molecule has 1 amide bonds. The van der Waals surface area contributed by atoms with E-state index in [1.807, 2.05) is 25.8 Å². The highest BCUT2D eigenvalue weighted by atomic mass is 16.3. The highest BCUT2D eigenvalue weighted by molar-refractivity contribution is 5.77. The minimum atomic E-state index is -0.641. The molecule has 0 radical (unpaired) electrons. The first-order valence-electron chi connectivity index (χ1n) is 9.69. The lowest BCUT2D eigenvalue weighted by molar-refractivity contribution is -0.133. The van der Waals surface area contributed by atoms with Crippen molar-refractivity contribution in [2.75, 3.05) is 26.7 Å². The van der Waals surface area contributed by atoms with Crippen LogP contribution in [0.25, 0.3) is 0 Å². The Bertz CT molecular complexity index is 653. The summed E-state index contributed by atoms with van der Waals surface area (Å²) in [5.74, 6) is 0.208. The van der Waals surface area contributed by atoms with Gasteiger partial charge in [-0.2, -0.15) is 0 Å². The van der Waals surface area contributed by atoms with Gasteiger partial charge in [0.1, 0.15) is 0 Å². The summed E-state index contributed by atoms with van der Waals surface area (Å²) in [6.07, 6.45) is 2.54. The van der Waals surface area contributed by atoms with Crippen LogP contribution >= 0.6 is 0 Å². The van der Waals surface area contributed by atoms with Crippen molar-refractivity contribution in [2.24, 2.45) is 5.92 Å². The van der Waals surface area contributed by atoms with Gasteiger partial charge in [-0.05, 0) is 56.8 Å². The van der Waals surface area contributed by atoms with Crippen LogP contribution in [-0.4, -0.2) is 64.3 Å². The lowest BCUT2D eigenvalue weighted by atomic mass is 9.93. The standard InChI is InChI=1S/C21H32N2O3/c1-21(2,26)8-6-15-4-5-17-13-23(9-7-16(17)10-15)20(25)11-18-12-22(3)14-19(18)24/h4-5,10,18-19,24,26H,6-9,11-14H2,1-3H3/t18-,19-/m1/s1. The van der Waals surface area contributed by atoms with Crippen molar-refractivity contribution in [3.05, 3.63) is 34.9 Å². The SMILES string of the molecule is CN1C[C@@H](CC(=O)N2CCc3cc(CCC(C)(C)O)ccc3C2)[C@H](O)C1. The topological polar surface area (TPSA) is 64.0 Å². The lowest BCUT2D eigenvalue weighted by Crippen LogP contribution is -2.38. The summed E-state index contributed by atoms with van der Waals surface area (Å²) in [5.41, 5.74) is 3.16. The third-order valence-corrected chi connectivity index (χ3v) is 5.69. The van der Waals surface area contributed by atoms with E-state index in [-0.39, 0.29) is 17.9 Å². The van der Waals surface area contributed by atoms with Gasteiger partial charge in [-0.25, -0.2) is 0 Å². The number of aryl methyl sites for hydroxylation is 1. The quantitative estimate of drug-likeness (QED) is 0.837. The summed E-state index contributed by atoms with van der Waals surface area (Å²) in [7, 11) is 1.99. The van der Waals surface area contributed by atoms with Crippen LogP contribution in [0.5, 0.6) is 0 Å². The van der Waals surface area contributed by atoms with E-state index in [9.17, 15) is 15.0 Å². The Balaban J connectivity index is 1.58. The molecule has 5 heteroatoms. The average molecular weight is 360 g/mol. The Morgan fingerprint density at radius 3 is 2.69 bits per heavy atom. The molecule has 0 aromatic heterocycles. The van der Waals surface area contributed by atoms with Gasteiger partial charge in [-0.1, -0.05) is 18.2 Å². The van der Waals surface area contributed by atoms with E-state index >= 15 is 0 Å². The van der Waals surface area contributed by atoms with Crippen LogP contribution in [0.15, 0.2) is 18.2 Å². The van der Waals surface area contributed by atoms with Crippen LogP contribution in [0.1, 0.15) is 43.4 Å². The van der Waals surface area contributed by atoms with Crippen molar-refractivity contribution < 1.29 is 15.0 Å². The van der Waals surface area contributed by atoms with Crippen LogP contribution in [0.3, 0.4) is 0 Å². The molecular formula is C21H32N2O3. The van der Waals surface area contributed by atoms with Gasteiger partial charge >= 0.3 is 0 Å². The van der Waals surface area contributed by atoms with E-state index in [4.69, 9.17) is 0 Å². The number of carbonyl (C=O) groups is 1. The highest BCUT2D eigenvalue weighted by Crippen LogP contribution is 2.25. The van der Waals surface area contributed by atoms with E-state index in [0.717, 1.165) is 32.4 Å². The van der Waals surface area contributed by atoms with E-state index < -0.39 is 5.60 Å². The smallest absolute Gasteiger partial charge is 0.223 e. The van der Waals surface area contributed by atoms with Crippen molar-refractivity contribution in [2.45, 2.75) is 57.8 Å². The zero-order valence-corrected chi connectivity index (χ0v) is 16.2. The maximum absolute atomic E-state index is 12.7. The summed E-state index contributed by atoms with van der Waals surface area (Å²) in [5, 5.41) is 20.0. The first-order chi connectivity index (χ1) is 12.2. The molecule has 0 unspecified atom stereocenters. The predicted molar refractivity (Wildman–Crippen MR) is 102 cm³/mol. The van der Waals surface area contributed by atoms with Crippen LogP contribution in [0, 0.1) is 5.92 Å². The number of β-amino-alcohol motifs (C(OH)–C–C–N with tert-alkyl or cyclic N) is 1.